The van der Waals surface area contributed by atoms with Crippen molar-refractivity contribution in [3.05, 3.63) is 76.2 Å². The Morgan fingerprint density at radius 3 is 2.88 bits per heavy atom. The molecular formula is C17H12N4O5. The van der Waals surface area contributed by atoms with Gasteiger partial charge in [0.15, 0.2) is 0 Å². The summed E-state index contributed by atoms with van der Waals surface area (Å²) >= 11 is 0. The van der Waals surface area contributed by atoms with Crippen LogP contribution in [-0.2, 0) is 0 Å². The van der Waals surface area contributed by atoms with Crippen molar-refractivity contribution in [3.63, 3.8) is 0 Å². The van der Waals surface area contributed by atoms with Gasteiger partial charge in [-0.05, 0) is 30.3 Å². The first-order valence-corrected chi connectivity index (χ1v) is 7.36. The quantitative estimate of drug-likeness (QED) is 0.395. The van der Waals surface area contributed by atoms with Gasteiger partial charge in [-0.15, -0.1) is 0 Å². The fourth-order valence-electron chi connectivity index (χ4n) is 2.17. The fraction of sp³-hybridized carbons (Fsp3) is 0. The molecule has 26 heavy (non-hydrogen) atoms. The number of nitrogens with one attached hydrogen (secondary N) is 1. The Bertz CT molecular complexity index is 996. The summed E-state index contributed by atoms with van der Waals surface area (Å²) in [5.41, 5.74) is 3.06. The first-order valence-electron chi connectivity index (χ1n) is 7.36. The Morgan fingerprint density at radius 1 is 1.27 bits per heavy atom. The van der Waals surface area contributed by atoms with E-state index in [1.54, 1.807) is 24.3 Å². The van der Waals surface area contributed by atoms with Crippen LogP contribution in [-0.4, -0.2) is 27.2 Å². The smallest absolute Gasteiger partial charge is 0.335 e. The van der Waals surface area contributed by atoms with Crippen molar-refractivity contribution in [2.45, 2.75) is 0 Å². The first kappa shape index (κ1) is 16.8. The largest absolute Gasteiger partial charge is 0.478 e. The van der Waals surface area contributed by atoms with Gasteiger partial charge in [-0.2, -0.15) is 5.10 Å². The molecule has 0 saturated heterocycles. The van der Waals surface area contributed by atoms with E-state index in [-0.39, 0.29) is 17.1 Å². The van der Waals surface area contributed by atoms with E-state index >= 15 is 0 Å². The Hall–Kier alpha value is -4.01. The Balaban J connectivity index is 1.75. The monoisotopic (exact) mass is 352 g/mol. The number of pyridine rings is 1. The molecule has 0 bridgehead atoms. The molecule has 0 aliphatic heterocycles. The lowest BCUT2D eigenvalue weighted by Crippen LogP contribution is -1.98. The number of hydrogen-bond acceptors (Lipinski definition) is 7. The van der Waals surface area contributed by atoms with Crippen LogP contribution in [0.5, 0.6) is 0 Å². The second-order valence-electron chi connectivity index (χ2n) is 5.09. The summed E-state index contributed by atoms with van der Waals surface area (Å²) in [5.74, 6) is -0.166. The second-order valence-corrected chi connectivity index (χ2v) is 5.09. The maximum atomic E-state index is 11.0. The van der Waals surface area contributed by atoms with Gasteiger partial charge in [0.2, 0.25) is 5.82 Å². The van der Waals surface area contributed by atoms with E-state index in [4.69, 9.17) is 9.52 Å². The zero-order chi connectivity index (χ0) is 18.5. The fourth-order valence-corrected chi connectivity index (χ4v) is 2.17. The van der Waals surface area contributed by atoms with Gasteiger partial charge < -0.3 is 9.52 Å². The van der Waals surface area contributed by atoms with Gasteiger partial charge in [-0.1, -0.05) is 12.1 Å². The number of nitro groups is 1. The van der Waals surface area contributed by atoms with E-state index in [0.717, 1.165) is 0 Å². The number of carbonyl (C=O) groups is 1. The van der Waals surface area contributed by atoms with Crippen molar-refractivity contribution in [3.8, 4) is 11.3 Å². The second kappa shape index (κ2) is 7.26. The molecule has 0 saturated carbocycles. The number of aromatic carboxylic acids is 1. The highest BCUT2D eigenvalue weighted by Crippen LogP contribution is 2.23. The molecule has 2 heterocycles. The van der Waals surface area contributed by atoms with Crippen LogP contribution in [0.4, 0.5) is 11.5 Å². The summed E-state index contributed by atoms with van der Waals surface area (Å²) in [6.45, 7) is 0. The highest BCUT2D eigenvalue weighted by Gasteiger charge is 2.13. The van der Waals surface area contributed by atoms with Crippen LogP contribution < -0.4 is 5.43 Å². The lowest BCUT2D eigenvalue weighted by atomic mass is 10.1. The Labute approximate surface area is 146 Å². The minimum Gasteiger partial charge on any atom is -0.478 e. The van der Waals surface area contributed by atoms with E-state index in [2.05, 4.69) is 15.5 Å². The Morgan fingerprint density at radius 2 is 2.12 bits per heavy atom. The lowest BCUT2D eigenvalue weighted by molar-refractivity contribution is -0.384. The molecule has 0 unspecified atom stereocenters. The maximum absolute atomic E-state index is 11.0. The van der Waals surface area contributed by atoms with E-state index in [1.165, 1.54) is 36.7 Å². The van der Waals surface area contributed by atoms with Crippen LogP contribution in [0.1, 0.15) is 16.1 Å². The number of aromatic nitrogens is 1. The topological polar surface area (TPSA) is 131 Å². The number of benzene rings is 1. The van der Waals surface area contributed by atoms with Crippen molar-refractivity contribution >= 4 is 23.7 Å². The number of furan rings is 1. The van der Waals surface area contributed by atoms with Crippen molar-refractivity contribution in [2.75, 3.05) is 5.43 Å². The van der Waals surface area contributed by atoms with Gasteiger partial charge in [0.25, 0.3) is 0 Å². The van der Waals surface area contributed by atoms with Crippen LogP contribution in [0.25, 0.3) is 11.3 Å². The average Bonchev–Trinajstić information content (AvgIpc) is 3.11. The highest BCUT2D eigenvalue weighted by atomic mass is 16.6. The molecule has 1 aromatic carbocycles. The van der Waals surface area contributed by atoms with Gasteiger partial charge in [-0.25, -0.2) is 9.78 Å². The van der Waals surface area contributed by atoms with Crippen molar-refractivity contribution in [1.82, 2.24) is 4.98 Å². The van der Waals surface area contributed by atoms with Crippen LogP contribution in [0.15, 0.2) is 64.2 Å². The third-order valence-corrected chi connectivity index (χ3v) is 3.37. The van der Waals surface area contributed by atoms with Crippen molar-refractivity contribution in [2.24, 2.45) is 5.10 Å². The predicted octanol–water partition coefficient (Wildman–Crippen LogP) is 3.39. The normalized spacial score (nSPS) is 10.8. The van der Waals surface area contributed by atoms with Gasteiger partial charge in [0.1, 0.15) is 11.5 Å². The molecule has 2 N–H and O–H groups in total. The number of carboxylic acids is 1. The number of anilines is 1. The summed E-state index contributed by atoms with van der Waals surface area (Å²) in [5, 5.41) is 23.8. The van der Waals surface area contributed by atoms with Crippen LogP contribution in [0.2, 0.25) is 0 Å². The van der Waals surface area contributed by atoms with Gasteiger partial charge in [0.05, 0.1) is 16.7 Å². The molecule has 0 fully saturated rings. The van der Waals surface area contributed by atoms with E-state index in [9.17, 15) is 14.9 Å². The summed E-state index contributed by atoms with van der Waals surface area (Å²) in [4.78, 5) is 25.2. The van der Waals surface area contributed by atoms with E-state index in [1.807, 2.05) is 0 Å². The SMILES string of the molecule is O=C(O)c1cccc(-c2ccc(/C=N/Nc3ncccc3[N+](=O)[O-])o2)c1. The summed E-state index contributed by atoms with van der Waals surface area (Å²) in [7, 11) is 0. The Kier molecular flexibility index (Phi) is 4.70. The van der Waals surface area contributed by atoms with Crippen LogP contribution in [0, 0.1) is 10.1 Å². The minimum absolute atomic E-state index is 0.00897. The summed E-state index contributed by atoms with van der Waals surface area (Å²) in [6, 6.07) is 12.4. The summed E-state index contributed by atoms with van der Waals surface area (Å²) < 4.78 is 5.58. The molecule has 0 amide bonds. The van der Waals surface area contributed by atoms with Crippen LogP contribution in [0.3, 0.4) is 0 Å². The molecule has 0 aliphatic carbocycles. The molecule has 0 atom stereocenters. The van der Waals surface area contributed by atoms with Crippen molar-refractivity contribution < 1.29 is 19.2 Å². The molecule has 130 valence electrons. The number of rotatable bonds is 6. The number of nitrogens with zero attached hydrogens (tertiary/aromatic N) is 3. The molecule has 3 aromatic rings. The first-order chi connectivity index (χ1) is 12.5. The molecule has 0 aliphatic rings. The van der Waals surface area contributed by atoms with Crippen LogP contribution >= 0.6 is 0 Å². The molecule has 9 nitrogen and oxygen atoms in total. The van der Waals surface area contributed by atoms with E-state index in [0.29, 0.717) is 17.1 Å². The number of hydrazone groups is 1. The minimum atomic E-state index is -1.03. The molecule has 3 rings (SSSR count). The molecule has 0 spiro atoms. The molecule has 9 heteroatoms. The zero-order valence-corrected chi connectivity index (χ0v) is 13.2. The number of carboxylic acid groups (broad SMARTS) is 1. The molecular weight excluding hydrogens is 340 g/mol. The third kappa shape index (κ3) is 3.73. The van der Waals surface area contributed by atoms with Gasteiger partial charge in [0, 0.05) is 17.8 Å². The number of hydrogen-bond donors (Lipinski definition) is 2. The predicted molar refractivity (Wildman–Crippen MR) is 93.2 cm³/mol. The van der Waals surface area contributed by atoms with E-state index < -0.39 is 10.9 Å². The maximum Gasteiger partial charge on any atom is 0.335 e. The highest BCUT2D eigenvalue weighted by molar-refractivity contribution is 5.89. The standard InChI is InChI=1S/C17H12N4O5/c22-17(23)12-4-1-3-11(9-12)15-7-6-13(26-15)10-19-20-16-14(21(24)25)5-2-8-18-16/h1-10H,(H,18,20)(H,22,23)/b19-10+. The van der Waals surface area contributed by atoms with Gasteiger partial charge >= 0.3 is 11.7 Å². The average molecular weight is 352 g/mol. The zero-order valence-electron chi connectivity index (χ0n) is 13.2. The van der Waals surface area contributed by atoms with Crippen molar-refractivity contribution in [1.29, 1.82) is 0 Å². The van der Waals surface area contributed by atoms with Gasteiger partial charge in [-0.3, -0.25) is 15.5 Å². The summed E-state index contributed by atoms with van der Waals surface area (Å²) in [6.07, 6.45) is 2.74. The lowest BCUT2D eigenvalue weighted by Gasteiger charge is -2.00. The molecule has 2 aromatic heterocycles. The molecule has 0 radical (unpaired) electrons. The third-order valence-electron chi connectivity index (χ3n) is 3.37.